The second kappa shape index (κ2) is 3.41. The van der Waals surface area contributed by atoms with Gasteiger partial charge in [-0.1, -0.05) is 5.16 Å². The summed E-state index contributed by atoms with van der Waals surface area (Å²) < 4.78 is 5.02. The monoisotopic (exact) mass is 193 g/mol. The van der Waals surface area contributed by atoms with Crippen LogP contribution in [0.25, 0.3) is 0 Å². The van der Waals surface area contributed by atoms with Crippen molar-refractivity contribution in [3.8, 4) is 0 Å². The molecule has 0 bridgehead atoms. The minimum absolute atomic E-state index is 0.515. The smallest absolute Gasteiger partial charge is 0.156 e. The van der Waals surface area contributed by atoms with Crippen LogP contribution >= 0.6 is 0 Å². The van der Waals surface area contributed by atoms with Gasteiger partial charge in [0.05, 0.1) is 24.1 Å². The molecule has 0 aliphatic heterocycles. The van der Waals surface area contributed by atoms with Crippen molar-refractivity contribution in [3.63, 3.8) is 0 Å². The third-order valence-corrected chi connectivity index (χ3v) is 1.80. The zero-order valence-electron chi connectivity index (χ0n) is 7.74. The molecule has 0 spiro atoms. The second-order valence-electron chi connectivity index (χ2n) is 2.99. The molecule has 0 aliphatic carbocycles. The van der Waals surface area contributed by atoms with Crippen LogP contribution in [0, 0.1) is 6.92 Å². The van der Waals surface area contributed by atoms with Crippen LogP contribution in [-0.2, 0) is 6.54 Å². The zero-order valence-corrected chi connectivity index (χ0v) is 7.74. The van der Waals surface area contributed by atoms with E-state index in [1.165, 1.54) is 0 Å². The summed E-state index contributed by atoms with van der Waals surface area (Å²) in [6.45, 7) is 2.42. The molecule has 0 saturated heterocycles. The molecule has 6 nitrogen and oxygen atoms in total. The number of nitrogen functional groups attached to an aromatic ring is 1. The Morgan fingerprint density at radius 1 is 1.64 bits per heavy atom. The number of hydrogen-bond donors (Lipinski definition) is 3. The molecule has 2 aromatic heterocycles. The molecule has 74 valence electrons. The van der Waals surface area contributed by atoms with Gasteiger partial charge >= 0.3 is 0 Å². The number of nitrogens with one attached hydrogen (secondary N) is 2. The van der Waals surface area contributed by atoms with Gasteiger partial charge in [0.25, 0.3) is 0 Å². The fraction of sp³-hybridized carbons (Fsp3) is 0.250. The van der Waals surface area contributed by atoms with Gasteiger partial charge in [-0.05, 0) is 6.92 Å². The van der Waals surface area contributed by atoms with Crippen LogP contribution in [0.2, 0.25) is 0 Å². The van der Waals surface area contributed by atoms with Crippen molar-refractivity contribution < 1.29 is 4.52 Å². The van der Waals surface area contributed by atoms with Crippen molar-refractivity contribution in [1.82, 2.24) is 15.4 Å². The molecular weight excluding hydrogens is 182 g/mol. The van der Waals surface area contributed by atoms with Gasteiger partial charge in [0.2, 0.25) is 0 Å². The average Bonchev–Trinajstić information content (AvgIpc) is 2.72. The van der Waals surface area contributed by atoms with Crippen molar-refractivity contribution >= 4 is 11.5 Å². The van der Waals surface area contributed by atoms with E-state index < -0.39 is 0 Å². The molecule has 0 atom stereocenters. The fourth-order valence-electron chi connectivity index (χ4n) is 1.12. The van der Waals surface area contributed by atoms with Gasteiger partial charge in [-0.2, -0.15) is 5.10 Å². The molecule has 0 amide bonds. The highest BCUT2D eigenvalue weighted by atomic mass is 16.5. The molecule has 4 N–H and O–H groups in total. The molecule has 6 heteroatoms. The molecule has 14 heavy (non-hydrogen) atoms. The summed E-state index contributed by atoms with van der Waals surface area (Å²) in [5, 5.41) is 13.2. The van der Waals surface area contributed by atoms with E-state index in [2.05, 4.69) is 20.7 Å². The van der Waals surface area contributed by atoms with Crippen molar-refractivity contribution in [1.29, 1.82) is 0 Å². The molecular formula is C8H11N5O. The van der Waals surface area contributed by atoms with E-state index in [9.17, 15) is 0 Å². The van der Waals surface area contributed by atoms with Crippen LogP contribution in [0.5, 0.6) is 0 Å². The van der Waals surface area contributed by atoms with E-state index in [1.807, 2.05) is 13.0 Å². The van der Waals surface area contributed by atoms with Crippen LogP contribution in [0.15, 0.2) is 16.8 Å². The summed E-state index contributed by atoms with van der Waals surface area (Å²) in [6.07, 6.45) is 1.62. The summed E-state index contributed by atoms with van der Waals surface area (Å²) in [4.78, 5) is 0. The number of aryl methyl sites for hydroxylation is 1. The topological polar surface area (TPSA) is 92.8 Å². The maximum Gasteiger partial charge on any atom is 0.156 e. The van der Waals surface area contributed by atoms with Crippen molar-refractivity contribution in [3.05, 3.63) is 23.7 Å². The third-order valence-electron chi connectivity index (χ3n) is 1.80. The van der Waals surface area contributed by atoms with E-state index in [-0.39, 0.29) is 0 Å². The highest BCUT2D eigenvalue weighted by Gasteiger charge is 2.03. The van der Waals surface area contributed by atoms with Gasteiger partial charge in [-0.15, -0.1) is 0 Å². The fourth-order valence-corrected chi connectivity index (χ4v) is 1.12. The molecule has 0 aliphatic rings. The number of H-pyrrole nitrogens is 1. The van der Waals surface area contributed by atoms with E-state index in [4.69, 9.17) is 10.3 Å². The molecule has 2 rings (SSSR count). The Hall–Kier alpha value is -1.98. The lowest BCUT2D eigenvalue weighted by Crippen LogP contribution is -1.99. The van der Waals surface area contributed by atoms with Gasteiger partial charge < -0.3 is 15.6 Å². The standard InChI is InChI=1S/C8H11N5O/c1-5-2-6(14-13-5)3-10-7-4-11-12-8(7)9/h2,4,10H,3H2,1H3,(H3,9,11,12). The number of nitrogens with zero attached hydrogens (tertiary/aromatic N) is 2. The van der Waals surface area contributed by atoms with Crippen molar-refractivity contribution in [2.24, 2.45) is 0 Å². The lowest BCUT2D eigenvalue weighted by atomic mass is 10.4. The van der Waals surface area contributed by atoms with Gasteiger partial charge in [0.1, 0.15) is 5.82 Å². The molecule has 0 radical (unpaired) electrons. The van der Waals surface area contributed by atoms with E-state index >= 15 is 0 Å². The first kappa shape index (κ1) is 8.61. The summed E-state index contributed by atoms with van der Waals surface area (Å²) in [5.74, 6) is 1.28. The van der Waals surface area contributed by atoms with Gasteiger partial charge in [0.15, 0.2) is 5.76 Å². The van der Waals surface area contributed by atoms with Crippen molar-refractivity contribution in [2.45, 2.75) is 13.5 Å². The first-order valence-corrected chi connectivity index (χ1v) is 4.20. The normalized spacial score (nSPS) is 10.4. The lowest BCUT2D eigenvalue weighted by molar-refractivity contribution is 0.384. The largest absolute Gasteiger partial charge is 0.382 e. The molecule has 0 fully saturated rings. The third kappa shape index (κ3) is 1.68. The van der Waals surface area contributed by atoms with Crippen LogP contribution in [0.3, 0.4) is 0 Å². The van der Waals surface area contributed by atoms with E-state index in [1.54, 1.807) is 6.20 Å². The number of rotatable bonds is 3. The number of nitrogens with two attached hydrogens (primary N) is 1. The predicted molar refractivity (Wildman–Crippen MR) is 51.6 cm³/mol. The highest BCUT2D eigenvalue weighted by Crippen LogP contribution is 2.14. The highest BCUT2D eigenvalue weighted by molar-refractivity contribution is 5.59. The molecule has 2 heterocycles. The number of anilines is 2. The van der Waals surface area contributed by atoms with Gasteiger partial charge in [-0.3, -0.25) is 5.10 Å². The maximum absolute atomic E-state index is 5.58. The van der Waals surface area contributed by atoms with Crippen LogP contribution in [0.4, 0.5) is 11.5 Å². The first-order chi connectivity index (χ1) is 6.75. The zero-order chi connectivity index (χ0) is 9.97. The quantitative estimate of drug-likeness (QED) is 0.673. The minimum Gasteiger partial charge on any atom is -0.382 e. The van der Waals surface area contributed by atoms with E-state index in [0.29, 0.717) is 12.4 Å². The average molecular weight is 193 g/mol. The van der Waals surface area contributed by atoms with Crippen molar-refractivity contribution in [2.75, 3.05) is 11.1 Å². The molecule has 2 aromatic rings. The summed E-state index contributed by atoms with van der Waals surface area (Å²) >= 11 is 0. The van der Waals surface area contributed by atoms with Crippen LogP contribution in [0.1, 0.15) is 11.5 Å². The molecule has 0 unspecified atom stereocenters. The summed E-state index contributed by atoms with van der Waals surface area (Å²) in [7, 11) is 0. The van der Waals surface area contributed by atoms with Gasteiger partial charge in [-0.25, -0.2) is 0 Å². The molecule has 0 saturated carbocycles. The Bertz CT molecular complexity index is 419. The van der Waals surface area contributed by atoms with Crippen LogP contribution in [-0.4, -0.2) is 15.4 Å². The lowest BCUT2D eigenvalue weighted by Gasteiger charge is -1.99. The summed E-state index contributed by atoms with van der Waals surface area (Å²) in [5.41, 5.74) is 7.21. The second-order valence-corrected chi connectivity index (χ2v) is 2.99. The Labute approximate surface area is 80.5 Å². The minimum atomic E-state index is 0.515. The Morgan fingerprint density at radius 2 is 2.50 bits per heavy atom. The number of aromatic nitrogens is 3. The Morgan fingerprint density at radius 3 is 3.07 bits per heavy atom. The van der Waals surface area contributed by atoms with Gasteiger partial charge in [0, 0.05) is 6.07 Å². The SMILES string of the molecule is Cc1cc(CNc2cn[nH]c2N)on1. The molecule has 0 aromatic carbocycles. The Kier molecular flexibility index (Phi) is 2.10. The Balaban J connectivity index is 1.98. The number of hydrogen-bond acceptors (Lipinski definition) is 5. The maximum atomic E-state index is 5.58. The van der Waals surface area contributed by atoms with E-state index in [0.717, 1.165) is 17.1 Å². The number of aromatic amines is 1. The first-order valence-electron chi connectivity index (χ1n) is 4.20. The summed E-state index contributed by atoms with van der Waals surface area (Å²) in [6, 6.07) is 1.86. The van der Waals surface area contributed by atoms with Crippen LogP contribution < -0.4 is 11.1 Å². The predicted octanol–water partition coefficient (Wildman–Crippen LogP) is 0.900.